The molecule has 300 valence electrons. The summed E-state index contributed by atoms with van der Waals surface area (Å²) in [5.41, 5.74) is -1.92. The van der Waals surface area contributed by atoms with E-state index in [1.165, 1.54) is 0 Å². The average molecular weight is 849 g/mol. The number of hydrogen-bond donors (Lipinski definition) is 0. The smallest absolute Gasteiger partial charge is 0.811 e. The molecule has 0 aromatic rings. The molecule has 0 aromatic heterocycles. The van der Waals surface area contributed by atoms with E-state index in [4.69, 9.17) is 0 Å². The third-order valence-corrected chi connectivity index (χ3v) is 13.7. The normalized spacial score (nSPS) is 15.4. The summed E-state index contributed by atoms with van der Waals surface area (Å²) in [6.07, 6.45) is 18.4. The molecule has 0 N–H and O–H groups in total. The van der Waals surface area contributed by atoms with Crippen LogP contribution in [0, 0.1) is 17.8 Å². The van der Waals surface area contributed by atoms with E-state index in [-0.39, 0.29) is 34.7 Å². The van der Waals surface area contributed by atoms with Crippen LogP contribution < -0.4 is 29.4 Å². The van der Waals surface area contributed by atoms with E-state index < -0.39 is 39.8 Å². The molecule has 0 bridgehead atoms. The van der Waals surface area contributed by atoms with Crippen LogP contribution in [0.15, 0.2) is 0 Å². The van der Waals surface area contributed by atoms with Gasteiger partial charge in [0.05, 0.1) is 0 Å². The minimum Gasteiger partial charge on any atom is -0.811 e. The van der Waals surface area contributed by atoms with Gasteiger partial charge in [-0.25, -0.2) is 0 Å². The van der Waals surface area contributed by atoms with Crippen molar-refractivity contribution in [2.45, 2.75) is 214 Å². The number of rotatable bonds is 27. The summed E-state index contributed by atoms with van der Waals surface area (Å²) in [5, 5.41) is 0. The van der Waals surface area contributed by atoms with E-state index in [0.717, 1.165) is 96.3 Å². The van der Waals surface area contributed by atoms with Gasteiger partial charge in [-0.2, -0.15) is 0 Å². The summed E-state index contributed by atoms with van der Waals surface area (Å²) >= 11 is 0. The van der Waals surface area contributed by atoms with Crippen LogP contribution >= 0.6 is 22.8 Å². The topological polar surface area (TPSA) is 190 Å². The summed E-state index contributed by atoms with van der Waals surface area (Å²) < 4.78 is 33.4. The first-order chi connectivity index (χ1) is 22.4. The van der Waals surface area contributed by atoms with Gasteiger partial charge in [0, 0.05) is 0 Å². The van der Waals surface area contributed by atoms with Crippen molar-refractivity contribution in [3.8, 4) is 0 Å². The molecular formula is C36H75Cr2O9P3. The molecule has 0 aliphatic rings. The van der Waals surface area contributed by atoms with Crippen LogP contribution in [0.2, 0.25) is 0 Å². The van der Waals surface area contributed by atoms with Crippen LogP contribution in [0.1, 0.15) is 197 Å². The quantitative estimate of drug-likeness (QED) is 0.0737. The van der Waals surface area contributed by atoms with Crippen LogP contribution in [-0.2, 0) is 48.4 Å². The molecule has 0 aromatic carbocycles. The van der Waals surface area contributed by atoms with E-state index >= 15 is 0 Å². The van der Waals surface area contributed by atoms with Gasteiger partial charge in [-0.3, -0.25) is 0 Å². The van der Waals surface area contributed by atoms with Gasteiger partial charge < -0.3 is 43.1 Å². The van der Waals surface area contributed by atoms with Crippen LogP contribution in [0.5, 0.6) is 0 Å². The Kier molecular flexibility index (Phi) is 44.0. The Balaban J connectivity index is -0.000000199. The van der Waals surface area contributed by atoms with Gasteiger partial charge in [0.15, 0.2) is 0 Å². The summed E-state index contributed by atoms with van der Waals surface area (Å²) in [4.78, 5) is 66.7. The first kappa shape index (κ1) is 60.8. The van der Waals surface area contributed by atoms with Gasteiger partial charge in [0.1, 0.15) is 0 Å². The summed E-state index contributed by atoms with van der Waals surface area (Å²) in [6, 6.07) is 0. The Hall–Kier alpha value is 1.51. The Morgan fingerprint density at radius 2 is 0.560 bits per heavy atom. The van der Waals surface area contributed by atoms with Gasteiger partial charge in [-0.1, -0.05) is 181 Å². The molecule has 14 heteroatoms. The molecule has 2 radical (unpaired) electrons. The third kappa shape index (κ3) is 34.0. The zero-order valence-electron chi connectivity index (χ0n) is 33.1. The predicted octanol–water partition coefficient (Wildman–Crippen LogP) is 8.02. The average Bonchev–Trinajstić information content (AvgIpc) is 3.00. The molecular weight excluding hydrogens is 773 g/mol. The van der Waals surface area contributed by atoms with Gasteiger partial charge in [-0.15, -0.1) is 0 Å². The molecule has 0 spiro atoms. The van der Waals surface area contributed by atoms with Crippen molar-refractivity contribution in [1.82, 2.24) is 0 Å². The van der Waals surface area contributed by atoms with Gasteiger partial charge in [0.25, 0.3) is 0 Å². The van der Waals surface area contributed by atoms with Crippen LogP contribution in [0.25, 0.3) is 0 Å². The van der Waals surface area contributed by atoms with Gasteiger partial charge >= 0.3 is 34.7 Å². The second-order valence-corrected chi connectivity index (χ2v) is 19.3. The molecule has 6 atom stereocenters. The van der Waals surface area contributed by atoms with Crippen molar-refractivity contribution in [2.24, 2.45) is 17.8 Å². The fraction of sp³-hybridized carbons (Fsp3) is 1.00. The van der Waals surface area contributed by atoms with E-state index in [0.29, 0.717) is 56.3 Å². The van der Waals surface area contributed by atoms with E-state index in [9.17, 15) is 43.1 Å². The molecule has 0 aliphatic heterocycles. The van der Waals surface area contributed by atoms with Crippen molar-refractivity contribution < 1.29 is 77.8 Å². The monoisotopic (exact) mass is 848 g/mol. The maximum Gasteiger partial charge on any atom is 3.00 e. The maximum absolute atomic E-state index is 11.1. The SMILES string of the molecule is CCCCC(CC)CC(CCC)P(=O)([O-])[O-].CCCCC(CC)CC(CCC)P(=O)([O-])[O-].CCCCC(CC)CC(CCC)P(=O)([O-])[O-].[Cr+3].[Cr+3]. The first-order valence-corrected chi connectivity index (χ1v) is 24.2. The zero-order chi connectivity index (χ0) is 37.8. The standard InChI is InChI=1S/3C12H27O3P.2Cr/c3*1-4-7-9-11(6-3)10-12(8-5-2)16(13,14)15;;/h3*11-12H,4-10H2,1-3H3,(H2,13,14,15);;/q;;;2*+3/p-6. The van der Waals surface area contributed by atoms with Crippen LogP contribution in [0.4, 0.5) is 0 Å². The molecule has 50 heavy (non-hydrogen) atoms. The fourth-order valence-electron chi connectivity index (χ4n) is 6.31. The summed E-state index contributed by atoms with van der Waals surface area (Å²) in [5.74, 6) is 1.19. The molecule has 0 amide bonds. The van der Waals surface area contributed by atoms with Crippen LogP contribution in [0.3, 0.4) is 0 Å². The molecule has 0 heterocycles. The van der Waals surface area contributed by atoms with E-state index in [2.05, 4.69) is 41.5 Å². The van der Waals surface area contributed by atoms with Crippen LogP contribution in [-0.4, -0.2) is 17.0 Å². The molecule has 0 saturated carbocycles. The van der Waals surface area contributed by atoms with Crippen molar-refractivity contribution in [3.63, 3.8) is 0 Å². The summed E-state index contributed by atoms with van der Waals surface area (Å²) in [7, 11) is -13.2. The Morgan fingerprint density at radius 3 is 0.680 bits per heavy atom. The van der Waals surface area contributed by atoms with Crippen molar-refractivity contribution >= 4 is 22.8 Å². The molecule has 0 saturated heterocycles. The largest absolute Gasteiger partial charge is 3.00 e. The Bertz CT molecular complexity index is 758. The molecule has 0 fully saturated rings. The van der Waals surface area contributed by atoms with Crippen molar-refractivity contribution in [1.29, 1.82) is 0 Å². The van der Waals surface area contributed by atoms with Crippen molar-refractivity contribution in [2.75, 3.05) is 0 Å². The third-order valence-electron chi connectivity index (χ3n) is 9.65. The van der Waals surface area contributed by atoms with Gasteiger partial charge in [-0.05, 0) is 73.3 Å². The first-order valence-electron chi connectivity index (χ1n) is 19.4. The number of unbranched alkanes of at least 4 members (excludes halogenated alkanes) is 3. The predicted molar refractivity (Wildman–Crippen MR) is 193 cm³/mol. The second kappa shape index (κ2) is 36.2. The fourth-order valence-corrected chi connectivity index (χ4v) is 9.71. The van der Waals surface area contributed by atoms with Crippen molar-refractivity contribution in [3.05, 3.63) is 0 Å². The van der Waals surface area contributed by atoms with Gasteiger partial charge in [0.2, 0.25) is 0 Å². The maximum atomic E-state index is 11.1. The minimum atomic E-state index is -4.39. The van der Waals surface area contributed by atoms with E-state index in [1.54, 1.807) is 0 Å². The zero-order valence-corrected chi connectivity index (χ0v) is 38.4. The second-order valence-electron chi connectivity index (χ2n) is 13.9. The molecule has 6 unspecified atom stereocenters. The summed E-state index contributed by atoms with van der Waals surface area (Å²) in [6.45, 7) is 18.4. The van der Waals surface area contributed by atoms with E-state index in [1.807, 2.05) is 20.8 Å². The molecule has 0 aliphatic carbocycles. The molecule has 9 nitrogen and oxygen atoms in total. The minimum absolute atomic E-state index is 0. The molecule has 0 rings (SSSR count). The number of hydrogen-bond acceptors (Lipinski definition) is 9. The Labute approximate surface area is 330 Å². The Morgan fingerprint density at radius 1 is 0.360 bits per heavy atom.